The van der Waals surface area contributed by atoms with Crippen molar-refractivity contribution in [1.82, 2.24) is 9.80 Å². The summed E-state index contributed by atoms with van der Waals surface area (Å²) in [7, 11) is 0. The Morgan fingerprint density at radius 2 is 1.90 bits per heavy atom. The molecule has 1 aliphatic heterocycles. The lowest BCUT2D eigenvalue weighted by Crippen LogP contribution is -2.64. The van der Waals surface area contributed by atoms with Gasteiger partial charge in [-0.05, 0) is 32.3 Å². The van der Waals surface area contributed by atoms with Crippen molar-refractivity contribution < 1.29 is 9.59 Å². The SMILES string of the molecule is CC#CC(=O)N1CCN(Cc2ccccc2)C(=O)C1(C)C. The Morgan fingerprint density at radius 1 is 1.24 bits per heavy atom. The summed E-state index contributed by atoms with van der Waals surface area (Å²) in [5.41, 5.74) is 0.239. The van der Waals surface area contributed by atoms with E-state index in [1.807, 2.05) is 30.3 Å². The van der Waals surface area contributed by atoms with Crippen molar-refractivity contribution in [1.29, 1.82) is 0 Å². The maximum Gasteiger partial charge on any atom is 0.299 e. The third-order valence-corrected chi connectivity index (χ3v) is 3.77. The molecule has 21 heavy (non-hydrogen) atoms. The highest BCUT2D eigenvalue weighted by Crippen LogP contribution is 2.24. The molecule has 2 amide bonds. The number of nitrogens with zero attached hydrogens (tertiary/aromatic N) is 2. The van der Waals surface area contributed by atoms with Gasteiger partial charge in [-0.25, -0.2) is 0 Å². The maximum absolute atomic E-state index is 12.7. The Bertz CT molecular complexity index is 596. The Labute approximate surface area is 125 Å². The van der Waals surface area contributed by atoms with Crippen molar-refractivity contribution in [3.8, 4) is 11.8 Å². The van der Waals surface area contributed by atoms with E-state index >= 15 is 0 Å². The molecule has 0 aromatic heterocycles. The summed E-state index contributed by atoms with van der Waals surface area (Å²) >= 11 is 0. The summed E-state index contributed by atoms with van der Waals surface area (Å²) < 4.78 is 0. The number of piperazine rings is 1. The Morgan fingerprint density at radius 3 is 2.52 bits per heavy atom. The number of carbonyl (C=O) groups excluding carboxylic acids is 2. The molecule has 1 aromatic carbocycles. The van der Waals surface area contributed by atoms with Gasteiger partial charge in [0.05, 0.1) is 0 Å². The third kappa shape index (κ3) is 3.08. The highest BCUT2D eigenvalue weighted by atomic mass is 16.2. The van der Waals surface area contributed by atoms with Crippen molar-refractivity contribution >= 4 is 11.8 Å². The van der Waals surface area contributed by atoms with Crippen LogP contribution in [0.2, 0.25) is 0 Å². The second-order valence-corrected chi connectivity index (χ2v) is 5.60. The zero-order valence-corrected chi connectivity index (χ0v) is 12.7. The predicted molar refractivity (Wildman–Crippen MR) is 81.1 cm³/mol. The molecule has 4 heteroatoms. The van der Waals surface area contributed by atoms with Gasteiger partial charge in [-0.1, -0.05) is 36.3 Å². The van der Waals surface area contributed by atoms with Crippen LogP contribution in [0.4, 0.5) is 0 Å². The zero-order valence-electron chi connectivity index (χ0n) is 12.7. The monoisotopic (exact) mass is 284 g/mol. The quantitative estimate of drug-likeness (QED) is 0.775. The van der Waals surface area contributed by atoms with E-state index in [9.17, 15) is 9.59 Å². The van der Waals surface area contributed by atoms with Crippen LogP contribution in [0.25, 0.3) is 0 Å². The molecule has 0 aliphatic carbocycles. The summed E-state index contributed by atoms with van der Waals surface area (Å²) in [6.07, 6.45) is 0. The number of benzene rings is 1. The van der Waals surface area contributed by atoms with Gasteiger partial charge in [0.25, 0.3) is 5.91 Å². The lowest BCUT2D eigenvalue weighted by Gasteiger charge is -2.45. The molecular formula is C17H20N2O2. The first-order valence-corrected chi connectivity index (χ1v) is 7.04. The smallest absolute Gasteiger partial charge is 0.299 e. The largest absolute Gasteiger partial charge is 0.335 e. The number of rotatable bonds is 2. The fourth-order valence-corrected chi connectivity index (χ4v) is 2.59. The molecule has 1 heterocycles. The van der Waals surface area contributed by atoms with Gasteiger partial charge in [-0.3, -0.25) is 9.59 Å². The first-order chi connectivity index (χ1) is 9.96. The lowest BCUT2D eigenvalue weighted by atomic mass is 9.96. The average Bonchev–Trinajstić information content (AvgIpc) is 2.45. The molecule has 110 valence electrons. The van der Waals surface area contributed by atoms with E-state index in [4.69, 9.17) is 0 Å². The van der Waals surface area contributed by atoms with Crippen molar-refractivity contribution in [2.45, 2.75) is 32.9 Å². The van der Waals surface area contributed by atoms with Crippen molar-refractivity contribution in [3.63, 3.8) is 0 Å². The Balaban J connectivity index is 2.15. The van der Waals surface area contributed by atoms with Crippen LogP contribution in [-0.4, -0.2) is 40.2 Å². The van der Waals surface area contributed by atoms with Crippen LogP contribution in [0.15, 0.2) is 30.3 Å². The van der Waals surface area contributed by atoms with E-state index in [0.29, 0.717) is 19.6 Å². The van der Waals surface area contributed by atoms with E-state index in [2.05, 4.69) is 11.8 Å². The van der Waals surface area contributed by atoms with E-state index < -0.39 is 5.54 Å². The Hall–Kier alpha value is -2.28. The zero-order chi connectivity index (χ0) is 15.5. The minimum absolute atomic E-state index is 0.0381. The van der Waals surface area contributed by atoms with Crippen LogP contribution in [-0.2, 0) is 16.1 Å². The molecular weight excluding hydrogens is 264 g/mol. The van der Waals surface area contributed by atoms with E-state index in [1.165, 1.54) is 0 Å². The summed E-state index contributed by atoms with van der Waals surface area (Å²) in [6.45, 7) is 6.81. The van der Waals surface area contributed by atoms with Gasteiger partial charge in [0.1, 0.15) is 5.54 Å². The highest BCUT2D eigenvalue weighted by Gasteiger charge is 2.43. The molecule has 0 saturated carbocycles. The predicted octanol–water partition coefficient (Wildman–Crippen LogP) is 1.66. The number of hydrogen-bond donors (Lipinski definition) is 0. The van der Waals surface area contributed by atoms with Gasteiger partial charge in [0, 0.05) is 19.6 Å². The molecule has 2 rings (SSSR count). The van der Waals surface area contributed by atoms with Crippen LogP contribution in [0, 0.1) is 11.8 Å². The lowest BCUT2D eigenvalue weighted by molar-refractivity contribution is -0.156. The highest BCUT2D eigenvalue weighted by molar-refractivity contribution is 5.99. The second-order valence-electron chi connectivity index (χ2n) is 5.60. The third-order valence-electron chi connectivity index (χ3n) is 3.77. The van der Waals surface area contributed by atoms with Crippen molar-refractivity contribution in [2.75, 3.05) is 13.1 Å². The molecule has 1 saturated heterocycles. The number of amides is 2. The molecule has 1 aliphatic rings. The van der Waals surface area contributed by atoms with Gasteiger partial charge in [-0.15, -0.1) is 0 Å². The van der Waals surface area contributed by atoms with Gasteiger partial charge in [0.2, 0.25) is 5.91 Å². The van der Waals surface area contributed by atoms with Gasteiger partial charge < -0.3 is 9.80 Å². The van der Waals surface area contributed by atoms with E-state index in [0.717, 1.165) is 5.56 Å². The minimum Gasteiger partial charge on any atom is -0.335 e. The topological polar surface area (TPSA) is 40.6 Å². The summed E-state index contributed by atoms with van der Waals surface area (Å²) in [5, 5.41) is 0. The van der Waals surface area contributed by atoms with Gasteiger partial charge in [0.15, 0.2) is 0 Å². The van der Waals surface area contributed by atoms with Crippen LogP contribution >= 0.6 is 0 Å². The van der Waals surface area contributed by atoms with E-state index in [-0.39, 0.29) is 11.8 Å². The van der Waals surface area contributed by atoms with Crippen LogP contribution < -0.4 is 0 Å². The molecule has 0 atom stereocenters. The molecule has 0 spiro atoms. The van der Waals surface area contributed by atoms with Gasteiger partial charge in [-0.2, -0.15) is 0 Å². The van der Waals surface area contributed by atoms with Crippen LogP contribution in [0.3, 0.4) is 0 Å². The fraction of sp³-hybridized carbons (Fsp3) is 0.412. The van der Waals surface area contributed by atoms with E-state index in [1.54, 1.807) is 30.6 Å². The standard InChI is InChI=1S/C17H20N2O2/c1-4-8-15(20)19-12-11-18(16(21)17(19,2)3)13-14-9-6-5-7-10-14/h5-7,9-10H,11-13H2,1-3H3. The fourth-order valence-electron chi connectivity index (χ4n) is 2.59. The Kier molecular flexibility index (Phi) is 4.32. The summed E-state index contributed by atoms with van der Waals surface area (Å²) in [5.74, 6) is 4.80. The minimum atomic E-state index is -0.853. The normalized spacial score (nSPS) is 17.2. The first kappa shape index (κ1) is 15.1. The van der Waals surface area contributed by atoms with Crippen molar-refractivity contribution in [3.05, 3.63) is 35.9 Å². The second kappa shape index (κ2) is 6.01. The maximum atomic E-state index is 12.7. The molecule has 0 radical (unpaired) electrons. The first-order valence-electron chi connectivity index (χ1n) is 7.04. The van der Waals surface area contributed by atoms with Crippen molar-refractivity contribution in [2.24, 2.45) is 0 Å². The molecule has 4 nitrogen and oxygen atoms in total. The molecule has 0 unspecified atom stereocenters. The molecule has 1 aromatic rings. The molecule has 0 bridgehead atoms. The van der Waals surface area contributed by atoms with Gasteiger partial charge >= 0.3 is 0 Å². The average molecular weight is 284 g/mol. The molecule has 0 N–H and O–H groups in total. The number of hydrogen-bond acceptors (Lipinski definition) is 2. The molecule has 1 fully saturated rings. The summed E-state index contributed by atoms with van der Waals surface area (Å²) in [4.78, 5) is 28.0. The van der Waals surface area contributed by atoms with Crippen LogP contribution in [0.5, 0.6) is 0 Å². The number of carbonyl (C=O) groups is 2. The van der Waals surface area contributed by atoms with Crippen LogP contribution in [0.1, 0.15) is 26.3 Å². The summed E-state index contributed by atoms with van der Waals surface area (Å²) in [6, 6.07) is 9.87.